The van der Waals surface area contributed by atoms with Crippen molar-refractivity contribution in [3.05, 3.63) is 41.5 Å². The van der Waals surface area contributed by atoms with Crippen molar-refractivity contribution in [3.63, 3.8) is 0 Å². The molecule has 0 N–H and O–H groups in total. The van der Waals surface area contributed by atoms with Crippen molar-refractivity contribution < 1.29 is 22.3 Å². The highest BCUT2D eigenvalue weighted by molar-refractivity contribution is 5.31. The summed E-state index contributed by atoms with van der Waals surface area (Å²) in [5.41, 5.74) is 0.508. The molecule has 1 nitrogen and oxygen atoms in total. The number of rotatable bonds is 9. The number of hydrogen-bond acceptors (Lipinski definition) is 1. The van der Waals surface area contributed by atoms with Crippen LogP contribution in [0.5, 0.6) is 5.75 Å². The third kappa shape index (κ3) is 7.25. The molecule has 0 spiro atoms. The smallest absolute Gasteiger partial charge is 0.387 e. The fourth-order valence-electron chi connectivity index (χ4n) is 5.54. The van der Waals surface area contributed by atoms with Gasteiger partial charge in [0.05, 0.1) is 0 Å². The van der Waals surface area contributed by atoms with Gasteiger partial charge in [-0.2, -0.15) is 8.78 Å². The molecule has 31 heavy (non-hydrogen) atoms. The standard InChI is InChI=1S/C26H36F4O/c1-2-3-4-5-18-8-12-21(13-9-18)22-14-10-19(11-15-22)6-7-20-16-23(27)25(24(28)17-20)31-26(29)30/h4-5,16-19,21-22,26H,2-3,6-15H2,1H3. The number of ether oxygens (including phenoxy) is 1. The van der Waals surface area contributed by atoms with Crippen molar-refractivity contribution in [2.45, 2.75) is 90.6 Å². The van der Waals surface area contributed by atoms with E-state index in [0.717, 1.165) is 36.3 Å². The lowest BCUT2D eigenvalue weighted by Crippen LogP contribution is -2.25. The first-order valence-corrected chi connectivity index (χ1v) is 12.1. The summed E-state index contributed by atoms with van der Waals surface area (Å²) in [5, 5.41) is 0. The van der Waals surface area contributed by atoms with Gasteiger partial charge in [0.25, 0.3) is 0 Å². The Hall–Kier alpha value is -1.52. The minimum Gasteiger partial charge on any atom is -0.429 e. The second kappa shape index (κ2) is 11.9. The summed E-state index contributed by atoms with van der Waals surface area (Å²) in [6, 6.07) is 2.25. The molecule has 0 saturated heterocycles. The summed E-state index contributed by atoms with van der Waals surface area (Å²) in [6.45, 7) is -1.02. The van der Waals surface area contributed by atoms with Crippen molar-refractivity contribution in [3.8, 4) is 5.75 Å². The van der Waals surface area contributed by atoms with E-state index >= 15 is 0 Å². The van der Waals surface area contributed by atoms with Crippen molar-refractivity contribution in [2.75, 3.05) is 0 Å². The van der Waals surface area contributed by atoms with E-state index in [0.29, 0.717) is 17.9 Å². The van der Waals surface area contributed by atoms with Gasteiger partial charge in [0, 0.05) is 0 Å². The number of hydrogen-bond donors (Lipinski definition) is 0. The molecule has 2 aliphatic carbocycles. The third-order valence-corrected chi connectivity index (χ3v) is 7.34. The van der Waals surface area contributed by atoms with E-state index in [1.807, 2.05) is 0 Å². The van der Waals surface area contributed by atoms with Gasteiger partial charge in [-0.05, 0) is 99.2 Å². The Kier molecular flexibility index (Phi) is 9.28. The van der Waals surface area contributed by atoms with E-state index in [-0.39, 0.29) is 0 Å². The quantitative estimate of drug-likeness (QED) is 0.276. The van der Waals surface area contributed by atoms with Gasteiger partial charge in [-0.1, -0.05) is 38.3 Å². The van der Waals surface area contributed by atoms with Crippen LogP contribution in [0, 0.1) is 35.3 Å². The van der Waals surface area contributed by atoms with Gasteiger partial charge in [0.15, 0.2) is 17.4 Å². The van der Waals surface area contributed by atoms with Gasteiger partial charge in [0.2, 0.25) is 0 Å². The fraction of sp³-hybridized carbons (Fsp3) is 0.692. The minimum atomic E-state index is -3.24. The molecule has 0 atom stereocenters. The molecule has 1 aromatic rings. The van der Waals surface area contributed by atoms with Crippen molar-refractivity contribution in [2.24, 2.45) is 23.7 Å². The lowest BCUT2D eigenvalue weighted by Gasteiger charge is -2.37. The van der Waals surface area contributed by atoms with Crippen LogP contribution in [-0.2, 0) is 6.42 Å². The topological polar surface area (TPSA) is 9.23 Å². The molecule has 0 bridgehead atoms. The zero-order chi connectivity index (χ0) is 22.2. The highest BCUT2D eigenvalue weighted by Gasteiger charge is 2.30. The van der Waals surface area contributed by atoms with Crippen LogP contribution in [0.2, 0.25) is 0 Å². The highest BCUT2D eigenvalue weighted by atomic mass is 19.3. The van der Waals surface area contributed by atoms with Crippen LogP contribution in [0.25, 0.3) is 0 Å². The molecule has 0 unspecified atom stereocenters. The Balaban J connectivity index is 1.40. The first kappa shape index (κ1) is 24.1. The highest BCUT2D eigenvalue weighted by Crippen LogP contribution is 2.42. The van der Waals surface area contributed by atoms with Gasteiger partial charge < -0.3 is 4.74 Å². The number of allylic oxidation sites excluding steroid dienone is 2. The molecule has 0 heterocycles. The number of halogens is 4. The monoisotopic (exact) mass is 440 g/mol. The average molecular weight is 441 g/mol. The second-order valence-electron chi connectivity index (χ2n) is 9.48. The molecular weight excluding hydrogens is 404 g/mol. The Labute approximate surface area is 184 Å². The lowest BCUT2D eigenvalue weighted by molar-refractivity contribution is -0.0546. The Morgan fingerprint density at radius 1 is 0.935 bits per heavy atom. The molecule has 2 fully saturated rings. The van der Waals surface area contributed by atoms with E-state index < -0.39 is 24.0 Å². The molecule has 2 aliphatic rings. The zero-order valence-electron chi connectivity index (χ0n) is 18.6. The summed E-state index contributed by atoms with van der Waals surface area (Å²) in [7, 11) is 0. The summed E-state index contributed by atoms with van der Waals surface area (Å²) in [4.78, 5) is 0. The van der Waals surface area contributed by atoms with Gasteiger partial charge in [-0.15, -0.1) is 0 Å². The van der Waals surface area contributed by atoms with Crippen LogP contribution in [0.4, 0.5) is 17.6 Å². The lowest BCUT2D eigenvalue weighted by atomic mass is 9.68. The maximum atomic E-state index is 13.9. The molecule has 1 aromatic carbocycles. The van der Waals surface area contributed by atoms with Crippen LogP contribution < -0.4 is 4.74 Å². The van der Waals surface area contributed by atoms with E-state index in [2.05, 4.69) is 23.8 Å². The first-order valence-electron chi connectivity index (χ1n) is 12.1. The average Bonchev–Trinajstić information content (AvgIpc) is 2.76. The van der Waals surface area contributed by atoms with Crippen LogP contribution in [-0.4, -0.2) is 6.61 Å². The first-order chi connectivity index (χ1) is 15.0. The SMILES string of the molecule is CCCC=CC1CCC(C2CCC(CCc3cc(F)c(OC(F)F)c(F)c3)CC2)CC1. The normalized spacial score (nSPS) is 27.2. The second-order valence-corrected chi connectivity index (χ2v) is 9.48. The number of alkyl halides is 2. The maximum Gasteiger partial charge on any atom is 0.387 e. The minimum absolute atomic E-state index is 0.508. The van der Waals surface area contributed by atoms with E-state index in [1.54, 1.807) is 0 Å². The van der Waals surface area contributed by atoms with Crippen molar-refractivity contribution >= 4 is 0 Å². The molecule has 2 saturated carbocycles. The van der Waals surface area contributed by atoms with Crippen LogP contribution in [0.1, 0.15) is 83.1 Å². The predicted octanol–water partition coefficient (Wildman–Crippen LogP) is 8.47. The summed E-state index contributed by atoms with van der Waals surface area (Å²) in [5.74, 6) is -0.0574. The van der Waals surface area contributed by atoms with Crippen molar-refractivity contribution in [1.82, 2.24) is 0 Å². The number of unbranched alkanes of at least 4 members (excludes halogenated alkanes) is 1. The Morgan fingerprint density at radius 3 is 2.06 bits per heavy atom. The van der Waals surface area contributed by atoms with Crippen LogP contribution in [0.3, 0.4) is 0 Å². The third-order valence-electron chi connectivity index (χ3n) is 7.34. The van der Waals surface area contributed by atoms with Gasteiger partial charge >= 0.3 is 6.61 Å². The molecule has 0 amide bonds. The molecule has 5 heteroatoms. The van der Waals surface area contributed by atoms with E-state index in [9.17, 15) is 17.6 Å². The van der Waals surface area contributed by atoms with Gasteiger partial charge in [-0.3, -0.25) is 0 Å². The predicted molar refractivity (Wildman–Crippen MR) is 116 cm³/mol. The maximum absolute atomic E-state index is 13.9. The number of aryl methyl sites for hydroxylation is 1. The Bertz CT molecular complexity index is 678. The summed E-state index contributed by atoms with van der Waals surface area (Å²) >= 11 is 0. The van der Waals surface area contributed by atoms with Crippen LogP contribution in [0.15, 0.2) is 24.3 Å². The van der Waals surface area contributed by atoms with Crippen LogP contribution >= 0.6 is 0 Å². The van der Waals surface area contributed by atoms with E-state index in [4.69, 9.17) is 0 Å². The number of benzene rings is 1. The zero-order valence-corrected chi connectivity index (χ0v) is 18.6. The molecular formula is C26H36F4O. The molecule has 3 rings (SSSR count). The van der Waals surface area contributed by atoms with Gasteiger partial charge in [-0.25, -0.2) is 8.78 Å². The van der Waals surface area contributed by atoms with Gasteiger partial charge in [0.1, 0.15) is 0 Å². The fourth-order valence-corrected chi connectivity index (χ4v) is 5.54. The van der Waals surface area contributed by atoms with Crippen molar-refractivity contribution in [1.29, 1.82) is 0 Å². The molecule has 0 aliphatic heterocycles. The molecule has 0 aromatic heterocycles. The Morgan fingerprint density at radius 2 is 1.52 bits per heavy atom. The molecule has 174 valence electrons. The largest absolute Gasteiger partial charge is 0.429 e. The summed E-state index contributed by atoms with van der Waals surface area (Å²) < 4.78 is 56.3. The van der Waals surface area contributed by atoms with E-state index in [1.165, 1.54) is 64.2 Å². The summed E-state index contributed by atoms with van der Waals surface area (Å²) in [6.07, 6.45) is 18.9. The molecule has 0 radical (unpaired) electrons.